The van der Waals surface area contributed by atoms with E-state index in [9.17, 15) is 13.2 Å². The number of nitrogens with one attached hydrogen (secondary N) is 1. The van der Waals surface area contributed by atoms with Gasteiger partial charge in [-0.25, -0.2) is 5.14 Å². The Labute approximate surface area is 78.3 Å². The first-order chi connectivity index (χ1) is 5.78. The van der Waals surface area contributed by atoms with E-state index in [1.165, 1.54) is 11.8 Å². The predicted molar refractivity (Wildman–Crippen MR) is 49.0 cm³/mol. The number of hydrogen-bond acceptors (Lipinski definition) is 3. The number of nitrogens with zero attached hydrogens (tertiary/aromatic N) is 1. The van der Waals surface area contributed by atoms with Crippen molar-refractivity contribution in [3.05, 3.63) is 0 Å². The highest BCUT2D eigenvalue weighted by atomic mass is 32.2. The second-order valence-corrected chi connectivity index (χ2v) is 4.06. The fourth-order valence-corrected chi connectivity index (χ4v) is 1.38. The largest absolute Gasteiger partial charge is 0.345 e. The SMILES string of the molecule is CCN(C)C(=O)C(C)NS(N)(=O)=O. The zero-order chi connectivity index (χ0) is 10.6. The van der Waals surface area contributed by atoms with Crippen LogP contribution in [0.1, 0.15) is 13.8 Å². The number of rotatable bonds is 4. The van der Waals surface area contributed by atoms with Gasteiger partial charge in [-0.05, 0) is 13.8 Å². The minimum atomic E-state index is -3.81. The van der Waals surface area contributed by atoms with Gasteiger partial charge in [-0.2, -0.15) is 13.1 Å². The average Bonchev–Trinajstić information content (AvgIpc) is 1.98. The van der Waals surface area contributed by atoms with Crippen LogP contribution in [0.15, 0.2) is 0 Å². The molecule has 0 saturated heterocycles. The van der Waals surface area contributed by atoms with Gasteiger partial charge in [0.15, 0.2) is 0 Å². The van der Waals surface area contributed by atoms with Crippen molar-refractivity contribution in [2.45, 2.75) is 19.9 Å². The van der Waals surface area contributed by atoms with E-state index >= 15 is 0 Å². The normalized spacial score (nSPS) is 13.8. The number of amides is 1. The zero-order valence-corrected chi connectivity index (χ0v) is 8.76. The van der Waals surface area contributed by atoms with Crippen LogP contribution in [0.5, 0.6) is 0 Å². The summed E-state index contributed by atoms with van der Waals surface area (Å²) in [5, 5.41) is 4.71. The number of carbonyl (C=O) groups excluding carboxylic acids is 1. The molecule has 1 atom stereocenters. The van der Waals surface area contributed by atoms with Crippen LogP contribution in [0, 0.1) is 0 Å². The van der Waals surface area contributed by atoms with E-state index in [1.807, 2.05) is 4.72 Å². The van der Waals surface area contributed by atoms with Gasteiger partial charge >= 0.3 is 0 Å². The second kappa shape index (κ2) is 4.54. The highest BCUT2D eigenvalue weighted by molar-refractivity contribution is 7.87. The van der Waals surface area contributed by atoms with Crippen molar-refractivity contribution in [3.8, 4) is 0 Å². The highest BCUT2D eigenvalue weighted by Crippen LogP contribution is 1.91. The Hall–Kier alpha value is -0.660. The van der Waals surface area contributed by atoms with Crippen molar-refractivity contribution < 1.29 is 13.2 Å². The van der Waals surface area contributed by atoms with Gasteiger partial charge in [-0.15, -0.1) is 0 Å². The Balaban J connectivity index is 4.28. The molecule has 0 saturated carbocycles. The van der Waals surface area contributed by atoms with E-state index in [-0.39, 0.29) is 5.91 Å². The molecule has 0 fully saturated rings. The lowest BCUT2D eigenvalue weighted by atomic mass is 10.3. The molecular formula is C6H15N3O3S. The molecule has 7 heteroatoms. The Kier molecular flexibility index (Phi) is 4.31. The molecule has 0 aliphatic carbocycles. The van der Waals surface area contributed by atoms with Gasteiger partial charge < -0.3 is 4.90 Å². The molecule has 0 aliphatic rings. The highest BCUT2D eigenvalue weighted by Gasteiger charge is 2.19. The maximum Gasteiger partial charge on any atom is 0.275 e. The Morgan fingerprint density at radius 1 is 1.62 bits per heavy atom. The molecular weight excluding hydrogens is 194 g/mol. The minimum absolute atomic E-state index is 0.309. The van der Waals surface area contributed by atoms with E-state index in [0.29, 0.717) is 6.54 Å². The molecule has 6 nitrogen and oxygen atoms in total. The van der Waals surface area contributed by atoms with Crippen LogP contribution in [0.25, 0.3) is 0 Å². The molecule has 1 unspecified atom stereocenters. The van der Waals surface area contributed by atoms with Gasteiger partial charge in [0.25, 0.3) is 10.2 Å². The van der Waals surface area contributed by atoms with E-state index < -0.39 is 16.3 Å². The van der Waals surface area contributed by atoms with Gasteiger partial charge in [0.05, 0.1) is 6.04 Å². The van der Waals surface area contributed by atoms with Crippen LogP contribution in [0.2, 0.25) is 0 Å². The first kappa shape index (κ1) is 12.3. The van der Waals surface area contributed by atoms with Crippen molar-refractivity contribution in [1.82, 2.24) is 9.62 Å². The van der Waals surface area contributed by atoms with Crippen LogP contribution >= 0.6 is 0 Å². The lowest BCUT2D eigenvalue weighted by molar-refractivity contribution is -0.131. The molecule has 0 aromatic rings. The molecule has 0 radical (unpaired) electrons. The van der Waals surface area contributed by atoms with Crippen molar-refractivity contribution in [2.24, 2.45) is 5.14 Å². The molecule has 0 heterocycles. The molecule has 1 amide bonds. The summed E-state index contributed by atoms with van der Waals surface area (Å²) in [5.74, 6) is -0.309. The summed E-state index contributed by atoms with van der Waals surface area (Å²) in [6.45, 7) is 3.76. The summed E-state index contributed by atoms with van der Waals surface area (Å²) in [4.78, 5) is 12.7. The fourth-order valence-electron chi connectivity index (χ4n) is 0.783. The summed E-state index contributed by atoms with van der Waals surface area (Å²) in [5.41, 5.74) is 0. The lowest BCUT2D eigenvalue weighted by Gasteiger charge is -2.19. The van der Waals surface area contributed by atoms with Crippen LogP contribution < -0.4 is 9.86 Å². The molecule has 0 spiro atoms. The third kappa shape index (κ3) is 4.81. The lowest BCUT2D eigenvalue weighted by Crippen LogP contribution is -2.47. The molecule has 0 aliphatic heterocycles. The molecule has 0 rings (SSSR count). The van der Waals surface area contributed by atoms with E-state index in [4.69, 9.17) is 5.14 Å². The molecule has 3 N–H and O–H groups in total. The summed E-state index contributed by atoms with van der Waals surface area (Å²) >= 11 is 0. The summed E-state index contributed by atoms with van der Waals surface area (Å²) in [6.07, 6.45) is 0. The average molecular weight is 209 g/mol. The Morgan fingerprint density at radius 3 is 2.38 bits per heavy atom. The Morgan fingerprint density at radius 2 is 2.08 bits per heavy atom. The molecule has 0 aromatic carbocycles. The third-order valence-electron chi connectivity index (χ3n) is 1.56. The summed E-state index contributed by atoms with van der Waals surface area (Å²) in [7, 11) is -2.22. The van der Waals surface area contributed by atoms with E-state index in [2.05, 4.69) is 0 Å². The molecule has 78 valence electrons. The standard InChI is InChI=1S/C6H15N3O3S/c1-4-9(3)6(10)5(2)8-13(7,11)12/h5,8H,4H2,1-3H3,(H2,7,11,12). The first-order valence-electron chi connectivity index (χ1n) is 3.83. The smallest absolute Gasteiger partial charge is 0.275 e. The van der Waals surface area contributed by atoms with E-state index in [0.717, 1.165) is 0 Å². The summed E-state index contributed by atoms with van der Waals surface area (Å²) < 4.78 is 23.1. The second-order valence-electron chi connectivity index (χ2n) is 2.74. The first-order valence-corrected chi connectivity index (χ1v) is 5.37. The van der Waals surface area contributed by atoms with Gasteiger partial charge in [0.2, 0.25) is 5.91 Å². The topological polar surface area (TPSA) is 92.5 Å². The van der Waals surface area contributed by atoms with Gasteiger partial charge in [0, 0.05) is 13.6 Å². The van der Waals surface area contributed by atoms with Gasteiger partial charge in [-0.3, -0.25) is 4.79 Å². The van der Waals surface area contributed by atoms with Gasteiger partial charge in [0.1, 0.15) is 0 Å². The number of nitrogens with two attached hydrogens (primary N) is 1. The van der Waals surface area contributed by atoms with E-state index in [1.54, 1.807) is 14.0 Å². The third-order valence-corrected chi connectivity index (χ3v) is 2.24. The van der Waals surface area contributed by atoms with Crippen molar-refractivity contribution in [2.75, 3.05) is 13.6 Å². The number of hydrogen-bond donors (Lipinski definition) is 2. The van der Waals surface area contributed by atoms with Crippen molar-refractivity contribution in [1.29, 1.82) is 0 Å². The van der Waals surface area contributed by atoms with Crippen molar-refractivity contribution >= 4 is 16.1 Å². The minimum Gasteiger partial charge on any atom is -0.345 e. The molecule has 0 aromatic heterocycles. The van der Waals surface area contributed by atoms with Crippen LogP contribution in [0.3, 0.4) is 0 Å². The quantitative estimate of drug-likeness (QED) is 0.599. The van der Waals surface area contributed by atoms with Crippen LogP contribution in [-0.2, 0) is 15.0 Å². The van der Waals surface area contributed by atoms with Gasteiger partial charge in [-0.1, -0.05) is 0 Å². The maximum absolute atomic E-state index is 11.3. The summed E-state index contributed by atoms with van der Waals surface area (Å²) in [6, 6.07) is -0.819. The molecule has 0 bridgehead atoms. The van der Waals surface area contributed by atoms with Crippen LogP contribution in [-0.4, -0.2) is 38.9 Å². The molecule has 13 heavy (non-hydrogen) atoms. The predicted octanol–water partition coefficient (Wildman–Crippen LogP) is -1.35. The monoisotopic (exact) mass is 209 g/mol. The Bertz CT molecular complexity index is 275. The van der Waals surface area contributed by atoms with Crippen LogP contribution in [0.4, 0.5) is 0 Å². The zero-order valence-electron chi connectivity index (χ0n) is 7.94. The number of carbonyl (C=O) groups is 1. The fraction of sp³-hybridized carbons (Fsp3) is 0.833. The number of likely N-dealkylation sites (N-methyl/N-ethyl adjacent to an activating group) is 1. The van der Waals surface area contributed by atoms with Crippen molar-refractivity contribution in [3.63, 3.8) is 0 Å². The maximum atomic E-state index is 11.3.